The molecule has 2 aliphatic carbocycles. The first-order valence-electron chi connectivity index (χ1n) is 14.7. The predicted octanol–water partition coefficient (Wildman–Crippen LogP) is 8.63. The van der Waals surface area contributed by atoms with Crippen molar-refractivity contribution in [2.24, 2.45) is 0 Å². The molecule has 10 radical (unpaired) electrons. The quantitative estimate of drug-likeness (QED) is 0.141. The molecule has 0 nitrogen and oxygen atoms in total. The Kier molecular flexibility index (Phi) is 13.1. The standard InChI is InChI=1S/C35H35P2.C5H5.Fe/c1-25-18-26(2)21-34(20-25)36(35-22-27(3)19-28(4)23-35)29(5)30-16-17-33(24-30)37(31-12-8-6-9-13-31)32-14-10-7-11-15-32;1-2-4-5-3-1;/h6-24,29H,1-5H3;1-5H;/q;;+2/t29-;;/m0../s1. The number of rotatable bonds is 7. The molecule has 0 aromatic heterocycles. The minimum absolute atomic E-state index is 0. The molecule has 0 spiro atoms. The molecule has 43 heavy (non-hydrogen) atoms. The normalized spacial score (nSPS) is 16.2. The fourth-order valence-electron chi connectivity index (χ4n) is 5.69. The van der Waals surface area contributed by atoms with Gasteiger partial charge in [0.15, 0.2) is 0 Å². The van der Waals surface area contributed by atoms with Gasteiger partial charge in [0.2, 0.25) is 0 Å². The van der Waals surface area contributed by atoms with Gasteiger partial charge in [0.05, 0.1) is 0 Å². The first-order chi connectivity index (χ1) is 20.4. The molecule has 2 saturated carbocycles. The second kappa shape index (κ2) is 16.5. The Bertz CT molecular complexity index is 1270. The van der Waals surface area contributed by atoms with Crippen LogP contribution in [0.5, 0.6) is 0 Å². The summed E-state index contributed by atoms with van der Waals surface area (Å²) in [6, 6.07) is 36.3. The average Bonchev–Trinajstić information content (AvgIpc) is 3.70. The van der Waals surface area contributed by atoms with Gasteiger partial charge in [0.25, 0.3) is 0 Å². The van der Waals surface area contributed by atoms with Gasteiger partial charge in [-0.15, -0.1) is 0 Å². The minimum Gasteiger partial charge on any atom is -0.0622 e. The third-order valence-corrected chi connectivity index (χ3v) is 12.6. The predicted molar refractivity (Wildman–Crippen MR) is 187 cm³/mol. The summed E-state index contributed by atoms with van der Waals surface area (Å²) >= 11 is 0. The molecule has 0 N–H and O–H groups in total. The maximum atomic E-state index is 2.50. The van der Waals surface area contributed by atoms with Crippen LogP contribution in [0.1, 0.15) is 29.2 Å². The second-order valence-electron chi connectivity index (χ2n) is 11.1. The molecule has 2 fully saturated rings. The number of aryl methyl sites for hydroxylation is 4. The van der Waals surface area contributed by atoms with Crippen LogP contribution in [-0.2, 0) is 17.1 Å². The average molecular weight is 639 g/mol. The summed E-state index contributed by atoms with van der Waals surface area (Å²) in [4.78, 5) is 0. The molecule has 3 heteroatoms. The fourth-order valence-corrected chi connectivity index (χ4v) is 11.1. The molecule has 0 aliphatic heterocycles. The topological polar surface area (TPSA) is 0 Å². The van der Waals surface area contributed by atoms with E-state index < -0.39 is 15.8 Å². The Balaban J connectivity index is 0.000000641. The van der Waals surface area contributed by atoms with E-state index in [4.69, 9.17) is 0 Å². The van der Waals surface area contributed by atoms with Crippen molar-refractivity contribution in [1.82, 2.24) is 0 Å². The van der Waals surface area contributed by atoms with Gasteiger partial charge < -0.3 is 0 Å². The molecule has 4 aromatic rings. The van der Waals surface area contributed by atoms with Gasteiger partial charge in [-0.3, -0.25) is 0 Å². The van der Waals surface area contributed by atoms with E-state index in [2.05, 4.69) is 151 Å². The van der Waals surface area contributed by atoms with E-state index in [9.17, 15) is 0 Å². The smallest absolute Gasteiger partial charge is 0.0622 e. The summed E-state index contributed by atoms with van der Waals surface area (Å²) in [6.45, 7) is 11.3. The zero-order valence-corrected chi connectivity index (χ0v) is 28.6. The Hall–Kier alpha value is -1.74. The van der Waals surface area contributed by atoms with Gasteiger partial charge >= 0.3 is 17.1 Å². The Morgan fingerprint density at radius 3 is 1.28 bits per heavy atom. The minimum atomic E-state index is -0.591. The zero-order valence-electron chi connectivity index (χ0n) is 25.7. The molecule has 1 atom stereocenters. The molecule has 4 aromatic carbocycles. The summed E-state index contributed by atoms with van der Waals surface area (Å²) in [5.74, 6) is 1.44. The summed E-state index contributed by atoms with van der Waals surface area (Å²) in [7, 11) is -1.15. The molecule has 0 bridgehead atoms. The number of benzene rings is 4. The first-order valence-corrected chi connectivity index (χ1v) is 17.4. The SMILES string of the molecule is Cc1cc(C)cc(P(c2cc(C)cc(C)c2)[C@@H](C)[C]2[CH][CH][C](P(c3ccccc3)c3ccccc3)[CH]2)c1.[CH]1[CH][CH][CH][CH]1.[Fe+2]. The van der Waals surface area contributed by atoms with Crippen molar-refractivity contribution in [2.45, 2.75) is 40.3 Å². The van der Waals surface area contributed by atoms with Crippen LogP contribution in [0.4, 0.5) is 0 Å². The van der Waals surface area contributed by atoms with Crippen LogP contribution in [0.3, 0.4) is 0 Å². The molecule has 2 aliphatic rings. The molecule has 0 heterocycles. The fraction of sp³-hybridized carbons (Fsp3) is 0.150. The van der Waals surface area contributed by atoms with E-state index >= 15 is 0 Å². The molecule has 6 rings (SSSR count). The first kappa shape index (κ1) is 34.1. The van der Waals surface area contributed by atoms with Crippen molar-refractivity contribution < 1.29 is 17.1 Å². The monoisotopic (exact) mass is 638 g/mol. The number of hydrogen-bond acceptors (Lipinski definition) is 0. The summed E-state index contributed by atoms with van der Waals surface area (Å²) in [5.41, 5.74) is 7.23. The van der Waals surface area contributed by atoms with Gasteiger partial charge in [-0.1, -0.05) is 126 Å². The van der Waals surface area contributed by atoms with Crippen LogP contribution in [0.2, 0.25) is 0 Å². The van der Waals surface area contributed by atoms with Gasteiger partial charge in [0, 0.05) is 5.66 Å². The van der Waals surface area contributed by atoms with E-state index in [-0.39, 0.29) is 17.1 Å². The molecule has 216 valence electrons. The van der Waals surface area contributed by atoms with Crippen molar-refractivity contribution in [3.63, 3.8) is 0 Å². The van der Waals surface area contributed by atoms with E-state index in [0.29, 0.717) is 5.66 Å². The third-order valence-electron chi connectivity index (χ3n) is 7.44. The van der Waals surface area contributed by atoms with Crippen molar-refractivity contribution in [3.8, 4) is 0 Å². The molecular formula is C40H40FeP2+2. The van der Waals surface area contributed by atoms with Crippen LogP contribution in [0.25, 0.3) is 0 Å². The summed E-state index contributed by atoms with van der Waals surface area (Å²) in [6.07, 6.45) is 17.3. The summed E-state index contributed by atoms with van der Waals surface area (Å²) in [5, 5.41) is 5.75. The second-order valence-corrected chi connectivity index (χ2v) is 15.9. The summed E-state index contributed by atoms with van der Waals surface area (Å²) < 4.78 is 0. The van der Waals surface area contributed by atoms with E-state index in [1.54, 1.807) is 0 Å². The van der Waals surface area contributed by atoms with Gasteiger partial charge in [-0.2, -0.15) is 0 Å². The maximum Gasteiger partial charge on any atom is 2.00 e. The van der Waals surface area contributed by atoms with Crippen molar-refractivity contribution >= 4 is 37.1 Å². The molecule has 0 unspecified atom stereocenters. The van der Waals surface area contributed by atoms with Crippen molar-refractivity contribution in [2.75, 3.05) is 0 Å². The third kappa shape index (κ3) is 9.15. The molecule has 0 amide bonds. The van der Waals surface area contributed by atoms with Crippen LogP contribution in [-0.4, -0.2) is 5.66 Å². The molecule has 0 saturated heterocycles. The van der Waals surface area contributed by atoms with Crippen molar-refractivity contribution in [1.29, 1.82) is 0 Å². The van der Waals surface area contributed by atoms with Crippen LogP contribution >= 0.6 is 15.8 Å². The Labute approximate surface area is 275 Å². The zero-order chi connectivity index (χ0) is 29.5. The van der Waals surface area contributed by atoms with E-state index in [0.717, 1.165) is 0 Å². The van der Waals surface area contributed by atoms with Crippen molar-refractivity contribution in [3.05, 3.63) is 182 Å². The van der Waals surface area contributed by atoms with Crippen LogP contribution in [0, 0.1) is 90.6 Å². The van der Waals surface area contributed by atoms with E-state index in [1.165, 1.54) is 55.0 Å². The molecular weight excluding hydrogens is 598 g/mol. The van der Waals surface area contributed by atoms with Crippen LogP contribution < -0.4 is 21.2 Å². The van der Waals surface area contributed by atoms with Crippen LogP contribution in [0.15, 0.2) is 97.1 Å². The maximum absolute atomic E-state index is 2.50. The van der Waals surface area contributed by atoms with Gasteiger partial charge in [0.1, 0.15) is 0 Å². The largest absolute Gasteiger partial charge is 2.00 e. The number of hydrogen-bond donors (Lipinski definition) is 0. The Morgan fingerprint density at radius 2 is 0.884 bits per heavy atom. The van der Waals surface area contributed by atoms with Gasteiger partial charge in [-0.05, 0) is 128 Å². The Morgan fingerprint density at radius 1 is 0.488 bits per heavy atom. The van der Waals surface area contributed by atoms with E-state index in [1.807, 2.05) is 32.1 Å². The van der Waals surface area contributed by atoms with Gasteiger partial charge in [-0.25, -0.2) is 0 Å².